The number of allylic oxidation sites excluding steroid dienone is 2. The molecule has 1 atom stereocenters. The van der Waals surface area contributed by atoms with E-state index in [9.17, 15) is 0 Å². The van der Waals surface area contributed by atoms with Gasteiger partial charge in [-0.1, -0.05) is 41.5 Å². The van der Waals surface area contributed by atoms with Crippen LogP contribution in [-0.4, -0.2) is 0 Å². The Morgan fingerprint density at radius 2 is 1.87 bits per heavy atom. The van der Waals surface area contributed by atoms with Crippen LogP contribution in [0.1, 0.15) is 37.7 Å². The molecule has 15 heavy (non-hydrogen) atoms. The maximum Gasteiger partial charge on any atom is -0.0241 e. The van der Waals surface area contributed by atoms with Gasteiger partial charge in [0.15, 0.2) is 0 Å². The van der Waals surface area contributed by atoms with Gasteiger partial charge in [0.25, 0.3) is 0 Å². The normalized spacial score (nSPS) is 23.9. The molecule has 1 saturated carbocycles. The summed E-state index contributed by atoms with van der Waals surface area (Å²) in [7, 11) is 0. The second kappa shape index (κ2) is 3.84. The third-order valence-corrected chi connectivity index (χ3v) is 3.98. The van der Waals surface area contributed by atoms with E-state index in [2.05, 4.69) is 30.3 Å². The van der Waals surface area contributed by atoms with Crippen molar-refractivity contribution < 1.29 is 0 Å². The van der Waals surface area contributed by atoms with Crippen molar-refractivity contribution in [3.63, 3.8) is 0 Å². The maximum absolute atomic E-state index is 2.25. The van der Waals surface area contributed by atoms with Gasteiger partial charge in [-0.05, 0) is 50.0 Å². The van der Waals surface area contributed by atoms with Crippen molar-refractivity contribution in [2.45, 2.75) is 38.5 Å². The Balaban J connectivity index is 1.64. The Morgan fingerprint density at radius 3 is 2.53 bits per heavy atom. The fraction of sp³-hybridized carbons (Fsp3) is 0.467. The molecule has 3 rings (SSSR count). The first-order chi connectivity index (χ1) is 7.42. The second-order valence-electron chi connectivity index (χ2n) is 5.01. The Morgan fingerprint density at radius 1 is 1.00 bits per heavy atom. The van der Waals surface area contributed by atoms with Crippen molar-refractivity contribution in [2.75, 3.05) is 0 Å². The summed E-state index contributed by atoms with van der Waals surface area (Å²) in [4.78, 5) is 0. The van der Waals surface area contributed by atoms with Gasteiger partial charge < -0.3 is 0 Å². The molecule has 2 bridgehead atoms. The molecule has 2 aliphatic rings. The van der Waals surface area contributed by atoms with Crippen LogP contribution in [0, 0.1) is 5.92 Å². The van der Waals surface area contributed by atoms with Gasteiger partial charge in [-0.25, -0.2) is 0 Å². The Kier molecular flexibility index (Phi) is 2.36. The van der Waals surface area contributed by atoms with Crippen LogP contribution in [0.5, 0.6) is 0 Å². The van der Waals surface area contributed by atoms with Crippen molar-refractivity contribution in [2.24, 2.45) is 5.92 Å². The van der Waals surface area contributed by atoms with Gasteiger partial charge in [-0.2, -0.15) is 0 Å². The summed E-state index contributed by atoms with van der Waals surface area (Å²) in [6, 6.07) is 10.9. The maximum atomic E-state index is 2.25. The summed E-state index contributed by atoms with van der Waals surface area (Å²) in [6.07, 6.45) is 8.30. The van der Waals surface area contributed by atoms with E-state index in [1.54, 1.807) is 5.57 Å². The number of hydrogen-bond donors (Lipinski definition) is 0. The molecule has 0 aliphatic heterocycles. The molecule has 0 spiro atoms. The van der Waals surface area contributed by atoms with Crippen LogP contribution in [-0.2, 0) is 6.42 Å². The van der Waals surface area contributed by atoms with E-state index in [4.69, 9.17) is 0 Å². The zero-order chi connectivity index (χ0) is 10.1. The van der Waals surface area contributed by atoms with E-state index in [1.165, 1.54) is 44.1 Å². The molecule has 1 unspecified atom stereocenters. The molecule has 1 aromatic rings. The second-order valence-corrected chi connectivity index (χ2v) is 5.01. The van der Waals surface area contributed by atoms with E-state index in [0.29, 0.717) is 0 Å². The van der Waals surface area contributed by atoms with Crippen LogP contribution in [0.3, 0.4) is 0 Å². The van der Waals surface area contributed by atoms with Crippen molar-refractivity contribution in [1.29, 1.82) is 0 Å². The molecule has 0 heteroatoms. The van der Waals surface area contributed by atoms with Crippen molar-refractivity contribution in [3.8, 4) is 0 Å². The summed E-state index contributed by atoms with van der Waals surface area (Å²) < 4.78 is 0. The summed E-state index contributed by atoms with van der Waals surface area (Å²) >= 11 is 0. The predicted molar refractivity (Wildman–Crippen MR) is 63.7 cm³/mol. The molecule has 1 aromatic carbocycles. The monoisotopic (exact) mass is 198 g/mol. The van der Waals surface area contributed by atoms with Crippen LogP contribution in [0.25, 0.3) is 0 Å². The minimum atomic E-state index is 1.03. The van der Waals surface area contributed by atoms with Crippen LogP contribution >= 0.6 is 0 Å². The summed E-state index contributed by atoms with van der Waals surface area (Å²) in [6.45, 7) is 0. The number of rotatable bonds is 3. The van der Waals surface area contributed by atoms with E-state index in [1.807, 2.05) is 5.57 Å². The summed E-state index contributed by atoms with van der Waals surface area (Å²) in [5.41, 5.74) is 5.11. The van der Waals surface area contributed by atoms with Gasteiger partial charge in [0.05, 0.1) is 0 Å². The molecule has 0 heterocycles. The highest BCUT2D eigenvalue weighted by molar-refractivity contribution is 5.27. The molecule has 0 saturated heterocycles. The highest BCUT2D eigenvalue weighted by Crippen LogP contribution is 2.45. The topological polar surface area (TPSA) is 0 Å². The Bertz CT molecular complexity index is 372. The lowest BCUT2D eigenvalue weighted by molar-refractivity contribution is 0.554. The summed E-state index contributed by atoms with van der Waals surface area (Å²) in [5.74, 6) is 1.03. The SMILES string of the molecule is c1ccc(CCC2=C3CCC(C2)C3)cc1. The van der Waals surface area contributed by atoms with Crippen LogP contribution < -0.4 is 0 Å². The average Bonchev–Trinajstić information content (AvgIpc) is 2.89. The minimum Gasteiger partial charge on any atom is -0.0707 e. The fourth-order valence-corrected chi connectivity index (χ4v) is 3.14. The van der Waals surface area contributed by atoms with E-state index < -0.39 is 0 Å². The quantitative estimate of drug-likeness (QED) is 0.641. The third kappa shape index (κ3) is 1.86. The Labute approximate surface area is 92.0 Å². The molecule has 0 aromatic heterocycles. The third-order valence-electron chi connectivity index (χ3n) is 3.98. The fourth-order valence-electron chi connectivity index (χ4n) is 3.14. The van der Waals surface area contributed by atoms with E-state index >= 15 is 0 Å². The van der Waals surface area contributed by atoms with E-state index in [0.717, 1.165) is 5.92 Å². The van der Waals surface area contributed by atoms with Crippen LogP contribution in [0.15, 0.2) is 41.5 Å². The summed E-state index contributed by atoms with van der Waals surface area (Å²) in [5, 5.41) is 0. The van der Waals surface area contributed by atoms with Crippen LogP contribution in [0.2, 0.25) is 0 Å². The molecule has 0 N–H and O–H groups in total. The van der Waals surface area contributed by atoms with Crippen molar-refractivity contribution >= 4 is 0 Å². The Hall–Kier alpha value is -1.04. The number of aryl methyl sites for hydroxylation is 1. The highest BCUT2D eigenvalue weighted by atomic mass is 14.3. The molecule has 78 valence electrons. The predicted octanol–water partition coefficient (Wildman–Crippen LogP) is 4.12. The first-order valence-corrected chi connectivity index (χ1v) is 6.15. The minimum absolute atomic E-state index is 1.03. The number of benzene rings is 1. The largest absolute Gasteiger partial charge is 0.0707 e. The zero-order valence-corrected chi connectivity index (χ0v) is 9.21. The molecular formula is C15H18. The van der Waals surface area contributed by atoms with Gasteiger partial charge in [0.1, 0.15) is 0 Å². The van der Waals surface area contributed by atoms with Gasteiger partial charge in [0, 0.05) is 0 Å². The lowest BCUT2D eigenvalue weighted by Gasteiger charge is -2.11. The van der Waals surface area contributed by atoms with Gasteiger partial charge in [-0.3, -0.25) is 0 Å². The standard InChI is InChI=1S/C15H18/c1-2-4-12(5-3-1)6-8-14-10-13-7-9-15(14)11-13/h1-5,13H,6-11H2. The first kappa shape index (κ1) is 9.21. The lowest BCUT2D eigenvalue weighted by Crippen LogP contribution is -1.96. The van der Waals surface area contributed by atoms with Gasteiger partial charge in [0.2, 0.25) is 0 Å². The smallest absolute Gasteiger partial charge is 0.0241 e. The molecule has 0 amide bonds. The van der Waals surface area contributed by atoms with Gasteiger partial charge in [-0.15, -0.1) is 0 Å². The molecule has 2 aliphatic carbocycles. The molecule has 0 radical (unpaired) electrons. The number of fused-ring (bicyclic) bond motifs is 2. The number of hydrogen-bond acceptors (Lipinski definition) is 0. The molecular weight excluding hydrogens is 180 g/mol. The highest BCUT2D eigenvalue weighted by Gasteiger charge is 2.29. The van der Waals surface area contributed by atoms with Crippen molar-refractivity contribution in [3.05, 3.63) is 47.0 Å². The lowest BCUT2D eigenvalue weighted by atomic mass is 9.94. The first-order valence-electron chi connectivity index (χ1n) is 6.15. The van der Waals surface area contributed by atoms with Crippen molar-refractivity contribution in [1.82, 2.24) is 0 Å². The van der Waals surface area contributed by atoms with Gasteiger partial charge >= 0.3 is 0 Å². The average molecular weight is 198 g/mol. The zero-order valence-electron chi connectivity index (χ0n) is 9.21. The molecule has 1 fully saturated rings. The molecule has 0 nitrogen and oxygen atoms in total. The van der Waals surface area contributed by atoms with E-state index in [-0.39, 0.29) is 0 Å². The van der Waals surface area contributed by atoms with Crippen LogP contribution in [0.4, 0.5) is 0 Å².